The van der Waals surface area contributed by atoms with Gasteiger partial charge in [0, 0.05) is 28.5 Å². The number of hydrogen-bond acceptors (Lipinski definition) is 4. The molecule has 1 aromatic heterocycles. The standard InChI is InChI=1S/C22H23BrN2O3/c1-3-24(4-2)12-13-25-17-10-7-9-16(23)20(17)22(27,21(25)26)19-14-15-8-5-6-11-18(15)28-19/h5-11,14,27H,3-4,12-13H2,1-2H3. The lowest BCUT2D eigenvalue weighted by molar-refractivity contribution is -0.133. The van der Waals surface area contributed by atoms with E-state index in [4.69, 9.17) is 4.42 Å². The van der Waals surface area contributed by atoms with Crippen molar-refractivity contribution in [3.05, 3.63) is 64.3 Å². The molecule has 0 radical (unpaired) electrons. The Kier molecular flexibility index (Phi) is 5.04. The van der Waals surface area contributed by atoms with Crippen LogP contribution in [0.5, 0.6) is 0 Å². The first-order valence-corrected chi connectivity index (χ1v) is 10.3. The lowest BCUT2D eigenvalue weighted by Gasteiger charge is -2.24. The van der Waals surface area contributed by atoms with Crippen molar-refractivity contribution in [1.29, 1.82) is 0 Å². The van der Waals surface area contributed by atoms with Crippen molar-refractivity contribution < 1.29 is 14.3 Å². The maximum atomic E-state index is 13.5. The predicted molar refractivity (Wildman–Crippen MR) is 113 cm³/mol. The molecule has 2 heterocycles. The average molecular weight is 443 g/mol. The molecule has 3 aromatic rings. The Bertz CT molecular complexity index is 995. The fourth-order valence-corrected chi connectivity index (χ4v) is 4.54. The highest BCUT2D eigenvalue weighted by atomic mass is 79.9. The quantitative estimate of drug-likeness (QED) is 0.623. The van der Waals surface area contributed by atoms with Crippen LogP contribution in [0.1, 0.15) is 25.2 Å². The van der Waals surface area contributed by atoms with Crippen molar-refractivity contribution in [2.24, 2.45) is 0 Å². The zero-order chi connectivity index (χ0) is 19.9. The van der Waals surface area contributed by atoms with E-state index in [-0.39, 0.29) is 11.7 Å². The molecule has 1 atom stereocenters. The van der Waals surface area contributed by atoms with E-state index >= 15 is 0 Å². The summed E-state index contributed by atoms with van der Waals surface area (Å²) in [4.78, 5) is 17.4. The van der Waals surface area contributed by atoms with Gasteiger partial charge < -0.3 is 19.3 Å². The van der Waals surface area contributed by atoms with E-state index in [9.17, 15) is 9.90 Å². The maximum absolute atomic E-state index is 13.5. The normalized spacial score (nSPS) is 19.0. The van der Waals surface area contributed by atoms with Crippen LogP contribution in [0.2, 0.25) is 0 Å². The van der Waals surface area contributed by atoms with Crippen LogP contribution in [-0.2, 0) is 10.4 Å². The van der Waals surface area contributed by atoms with Gasteiger partial charge in [-0.3, -0.25) is 4.79 Å². The number of furan rings is 1. The number of amides is 1. The Hall–Kier alpha value is -2.15. The van der Waals surface area contributed by atoms with Crippen LogP contribution in [0.4, 0.5) is 5.69 Å². The van der Waals surface area contributed by atoms with Crippen LogP contribution < -0.4 is 4.90 Å². The molecule has 1 unspecified atom stereocenters. The van der Waals surface area contributed by atoms with Crippen molar-refractivity contribution in [3.63, 3.8) is 0 Å². The van der Waals surface area contributed by atoms with E-state index in [1.807, 2.05) is 42.5 Å². The van der Waals surface area contributed by atoms with Gasteiger partial charge in [-0.25, -0.2) is 0 Å². The monoisotopic (exact) mass is 442 g/mol. The molecule has 0 bridgehead atoms. The minimum absolute atomic E-state index is 0.247. The number of rotatable bonds is 6. The fourth-order valence-electron chi connectivity index (χ4n) is 3.90. The number of fused-ring (bicyclic) bond motifs is 2. The van der Waals surface area contributed by atoms with E-state index in [2.05, 4.69) is 34.7 Å². The number of benzene rings is 2. The van der Waals surface area contributed by atoms with E-state index in [1.54, 1.807) is 11.0 Å². The minimum Gasteiger partial charge on any atom is -0.457 e. The molecule has 0 saturated heterocycles. The highest BCUT2D eigenvalue weighted by Gasteiger charge is 2.54. The van der Waals surface area contributed by atoms with E-state index in [0.717, 1.165) is 30.7 Å². The Morgan fingerprint density at radius 2 is 1.89 bits per heavy atom. The summed E-state index contributed by atoms with van der Waals surface area (Å²) in [6.07, 6.45) is 0. The third-order valence-corrected chi connectivity index (χ3v) is 6.18. The molecule has 1 N–H and O–H groups in total. The molecule has 0 aliphatic carbocycles. The molecule has 0 spiro atoms. The fraction of sp³-hybridized carbons (Fsp3) is 0.318. The summed E-state index contributed by atoms with van der Waals surface area (Å²) in [5.74, 6) is -0.127. The van der Waals surface area contributed by atoms with Gasteiger partial charge in [-0.05, 0) is 37.4 Å². The van der Waals surface area contributed by atoms with Crippen LogP contribution >= 0.6 is 15.9 Å². The number of nitrogens with zero attached hydrogens (tertiary/aromatic N) is 2. The van der Waals surface area contributed by atoms with Gasteiger partial charge in [0.25, 0.3) is 5.91 Å². The van der Waals surface area contributed by atoms with Gasteiger partial charge in [0.15, 0.2) is 5.76 Å². The number of hydrogen-bond donors (Lipinski definition) is 1. The highest BCUT2D eigenvalue weighted by Crippen LogP contribution is 2.48. The van der Waals surface area contributed by atoms with Gasteiger partial charge in [0.1, 0.15) is 5.58 Å². The molecule has 1 amide bonds. The van der Waals surface area contributed by atoms with Crippen LogP contribution in [0.3, 0.4) is 0 Å². The number of anilines is 1. The first-order chi connectivity index (χ1) is 13.5. The molecule has 146 valence electrons. The molecule has 1 aliphatic rings. The number of para-hydroxylation sites is 1. The molecular weight excluding hydrogens is 420 g/mol. The molecular formula is C22H23BrN2O3. The van der Waals surface area contributed by atoms with Crippen LogP contribution in [0.25, 0.3) is 11.0 Å². The topological polar surface area (TPSA) is 56.9 Å². The van der Waals surface area contributed by atoms with Crippen molar-refractivity contribution in [3.8, 4) is 0 Å². The zero-order valence-corrected chi connectivity index (χ0v) is 17.6. The van der Waals surface area contributed by atoms with Crippen molar-refractivity contribution >= 4 is 38.5 Å². The van der Waals surface area contributed by atoms with Gasteiger partial charge in [-0.15, -0.1) is 0 Å². The summed E-state index contributed by atoms with van der Waals surface area (Å²) < 4.78 is 6.61. The van der Waals surface area contributed by atoms with Crippen molar-refractivity contribution in [2.45, 2.75) is 19.4 Å². The summed E-state index contributed by atoms with van der Waals surface area (Å²) in [7, 11) is 0. The number of carbonyl (C=O) groups is 1. The lowest BCUT2D eigenvalue weighted by Crippen LogP contribution is -2.44. The van der Waals surface area contributed by atoms with Gasteiger partial charge in [-0.1, -0.05) is 54.0 Å². The smallest absolute Gasteiger partial charge is 0.271 e. The van der Waals surface area contributed by atoms with Gasteiger partial charge in [0.2, 0.25) is 5.60 Å². The van der Waals surface area contributed by atoms with Gasteiger partial charge in [-0.2, -0.15) is 0 Å². The van der Waals surface area contributed by atoms with E-state index in [0.29, 0.717) is 22.2 Å². The number of aliphatic hydroxyl groups is 1. The first-order valence-electron chi connectivity index (χ1n) is 9.55. The predicted octanol–water partition coefficient (Wildman–Crippen LogP) is 4.12. The second-order valence-corrected chi connectivity index (χ2v) is 7.83. The highest BCUT2D eigenvalue weighted by molar-refractivity contribution is 9.10. The van der Waals surface area contributed by atoms with E-state index < -0.39 is 5.60 Å². The summed E-state index contributed by atoms with van der Waals surface area (Å²) >= 11 is 3.54. The van der Waals surface area contributed by atoms with Crippen molar-refractivity contribution in [2.75, 3.05) is 31.1 Å². The zero-order valence-electron chi connectivity index (χ0n) is 16.0. The van der Waals surface area contributed by atoms with Crippen LogP contribution in [-0.4, -0.2) is 42.1 Å². The molecule has 4 rings (SSSR count). The molecule has 0 fully saturated rings. The Morgan fingerprint density at radius 1 is 1.14 bits per heavy atom. The first kappa shape index (κ1) is 19.2. The molecule has 0 saturated carbocycles. The molecule has 5 nitrogen and oxygen atoms in total. The second-order valence-electron chi connectivity index (χ2n) is 6.98. The number of halogens is 1. The average Bonchev–Trinajstić information content (AvgIpc) is 3.23. The van der Waals surface area contributed by atoms with Crippen LogP contribution in [0, 0.1) is 0 Å². The summed E-state index contributed by atoms with van der Waals surface area (Å²) in [5, 5.41) is 12.5. The lowest BCUT2D eigenvalue weighted by atomic mass is 9.92. The Morgan fingerprint density at radius 3 is 2.61 bits per heavy atom. The minimum atomic E-state index is -1.85. The molecule has 1 aliphatic heterocycles. The summed E-state index contributed by atoms with van der Waals surface area (Å²) in [5.41, 5.74) is 0.0551. The largest absolute Gasteiger partial charge is 0.457 e. The summed E-state index contributed by atoms with van der Waals surface area (Å²) in [6.45, 7) is 7.28. The second kappa shape index (κ2) is 7.35. The third-order valence-electron chi connectivity index (χ3n) is 5.52. The van der Waals surface area contributed by atoms with E-state index in [1.165, 1.54) is 0 Å². The van der Waals surface area contributed by atoms with Gasteiger partial charge in [0.05, 0.1) is 5.69 Å². The maximum Gasteiger partial charge on any atom is 0.271 e. The summed E-state index contributed by atoms with van der Waals surface area (Å²) in [6, 6.07) is 14.9. The SMILES string of the molecule is CCN(CC)CCN1C(=O)C(O)(c2cc3ccccc3o2)c2c(Br)cccc21. The van der Waals surface area contributed by atoms with Crippen molar-refractivity contribution in [1.82, 2.24) is 4.90 Å². The van der Waals surface area contributed by atoms with Gasteiger partial charge >= 0.3 is 0 Å². The number of likely N-dealkylation sites (N-methyl/N-ethyl adjacent to an activating group) is 1. The molecule has 2 aromatic carbocycles. The Labute approximate surface area is 172 Å². The third kappa shape index (κ3) is 2.87. The number of carbonyl (C=O) groups excluding carboxylic acids is 1. The molecule has 6 heteroatoms. The van der Waals surface area contributed by atoms with Crippen LogP contribution in [0.15, 0.2) is 57.4 Å². The Balaban J connectivity index is 1.81. The molecule has 28 heavy (non-hydrogen) atoms.